The van der Waals surface area contributed by atoms with Gasteiger partial charge >= 0.3 is 0 Å². The molecular formula is C11H11BrN2OS2. The lowest BCUT2D eigenvalue weighted by Crippen LogP contribution is -1.93. The first-order valence-corrected chi connectivity index (χ1v) is 7.40. The molecule has 0 spiro atoms. The average Bonchev–Trinajstić information content (AvgIpc) is 2.63. The summed E-state index contributed by atoms with van der Waals surface area (Å²) in [5, 5.41) is 9.72. The summed E-state index contributed by atoms with van der Waals surface area (Å²) in [7, 11) is 0. The molecule has 1 heterocycles. The zero-order chi connectivity index (χ0) is 12.4. The van der Waals surface area contributed by atoms with E-state index in [1.165, 1.54) is 23.3 Å². The lowest BCUT2D eigenvalue weighted by atomic mass is 10.1. The summed E-state index contributed by atoms with van der Waals surface area (Å²) in [4.78, 5) is 5.31. The summed E-state index contributed by atoms with van der Waals surface area (Å²) in [5.41, 5.74) is 0.908. The second-order valence-corrected chi connectivity index (χ2v) is 6.52. The van der Waals surface area contributed by atoms with Crippen LogP contribution >= 0.6 is 39.2 Å². The number of hydrogen-bond acceptors (Lipinski definition) is 5. The van der Waals surface area contributed by atoms with Crippen molar-refractivity contribution in [2.45, 2.75) is 29.2 Å². The number of rotatable bonds is 3. The molecule has 2 aromatic rings. The van der Waals surface area contributed by atoms with Crippen molar-refractivity contribution in [1.82, 2.24) is 9.36 Å². The third-order valence-electron chi connectivity index (χ3n) is 2.13. The molecule has 0 saturated heterocycles. The highest BCUT2D eigenvalue weighted by atomic mass is 79.9. The summed E-state index contributed by atoms with van der Waals surface area (Å²) >= 11 is 6.34. The normalized spacial score (nSPS) is 12.7. The molecule has 1 unspecified atom stereocenters. The van der Waals surface area contributed by atoms with Crippen molar-refractivity contribution in [2.75, 3.05) is 0 Å². The van der Waals surface area contributed by atoms with Crippen LogP contribution in [0.4, 0.5) is 0 Å². The molecule has 0 aliphatic carbocycles. The van der Waals surface area contributed by atoms with E-state index in [4.69, 9.17) is 0 Å². The first-order chi connectivity index (χ1) is 8.06. The van der Waals surface area contributed by atoms with Crippen molar-refractivity contribution < 1.29 is 5.11 Å². The minimum absolute atomic E-state index is 0.486. The van der Waals surface area contributed by atoms with Gasteiger partial charge in [0.15, 0.2) is 4.34 Å². The number of hydrogen-bond donors (Lipinski definition) is 1. The fraction of sp³-hybridized carbons (Fsp3) is 0.273. The van der Waals surface area contributed by atoms with E-state index in [9.17, 15) is 5.11 Å². The second-order valence-electron chi connectivity index (χ2n) is 3.57. The topological polar surface area (TPSA) is 46.0 Å². The van der Waals surface area contributed by atoms with Crippen molar-refractivity contribution in [3.63, 3.8) is 0 Å². The number of aromatic nitrogens is 2. The minimum Gasteiger partial charge on any atom is -0.389 e. The molecule has 0 bridgehead atoms. The van der Waals surface area contributed by atoms with Crippen LogP contribution in [0.15, 0.2) is 31.9 Å². The summed E-state index contributed by atoms with van der Waals surface area (Å²) in [6, 6.07) is 5.84. The Morgan fingerprint density at radius 3 is 2.82 bits per heavy atom. The number of nitrogens with zero attached hydrogens (tertiary/aromatic N) is 2. The molecule has 0 aliphatic rings. The first kappa shape index (κ1) is 13.0. The maximum Gasteiger partial charge on any atom is 0.174 e. The Kier molecular flexibility index (Phi) is 4.19. The van der Waals surface area contributed by atoms with Gasteiger partial charge in [-0.3, -0.25) is 0 Å². The molecule has 2 rings (SSSR count). The van der Waals surface area contributed by atoms with Crippen LogP contribution in [-0.4, -0.2) is 14.5 Å². The van der Waals surface area contributed by atoms with E-state index in [2.05, 4.69) is 25.3 Å². The Labute approximate surface area is 117 Å². The third kappa shape index (κ3) is 3.28. The van der Waals surface area contributed by atoms with E-state index >= 15 is 0 Å². The van der Waals surface area contributed by atoms with Crippen molar-refractivity contribution in [3.05, 3.63) is 34.1 Å². The summed E-state index contributed by atoms with van der Waals surface area (Å²) in [5.74, 6) is 0.783. The Morgan fingerprint density at radius 2 is 2.24 bits per heavy atom. The van der Waals surface area contributed by atoms with Crippen LogP contribution in [0, 0.1) is 6.92 Å². The van der Waals surface area contributed by atoms with Gasteiger partial charge in [0.05, 0.1) is 6.10 Å². The molecular weight excluding hydrogens is 320 g/mol. The number of aryl methyl sites for hydroxylation is 1. The molecule has 6 heteroatoms. The van der Waals surface area contributed by atoms with Gasteiger partial charge in [0.2, 0.25) is 0 Å². The highest BCUT2D eigenvalue weighted by Gasteiger charge is 2.12. The fourth-order valence-electron chi connectivity index (χ4n) is 1.36. The van der Waals surface area contributed by atoms with Gasteiger partial charge < -0.3 is 5.11 Å². The maximum atomic E-state index is 9.72. The van der Waals surface area contributed by atoms with Gasteiger partial charge in [0.1, 0.15) is 5.82 Å². The van der Waals surface area contributed by atoms with Gasteiger partial charge in [-0.25, -0.2) is 4.98 Å². The Balaban J connectivity index is 2.33. The van der Waals surface area contributed by atoms with Crippen molar-refractivity contribution in [3.8, 4) is 0 Å². The van der Waals surface area contributed by atoms with E-state index in [1.54, 1.807) is 6.92 Å². The number of aliphatic hydroxyl groups excluding tert-OH is 1. The van der Waals surface area contributed by atoms with Gasteiger partial charge in [-0.2, -0.15) is 4.37 Å². The quantitative estimate of drug-likeness (QED) is 0.929. The molecule has 17 heavy (non-hydrogen) atoms. The minimum atomic E-state index is -0.486. The molecule has 90 valence electrons. The standard InChI is InChI=1S/C11H11BrN2OS2/c1-6(15)9-4-3-8(12)5-10(9)16-11-13-7(2)14-17-11/h3-6,15H,1-2H3. The number of benzene rings is 1. The largest absolute Gasteiger partial charge is 0.389 e. The molecule has 3 nitrogen and oxygen atoms in total. The van der Waals surface area contributed by atoms with Gasteiger partial charge in [-0.05, 0) is 43.1 Å². The highest BCUT2D eigenvalue weighted by molar-refractivity contribution is 9.10. The Morgan fingerprint density at radius 1 is 1.47 bits per heavy atom. The van der Waals surface area contributed by atoms with Crippen molar-refractivity contribution >= 4 is 39.2 Å². The van der Waals surface area contributed by atoms with Crippen LogP contribution < -0.4 is 0 Å². The molecule has 1 aromatic carbocycles. The zero-order valence-corrected chi connectivity index (χ0v) is 12.6. The molecule has 0 saturated carbocycles. The van der Waals surface area contributed by atoms with Crippen LogP contribution in [0.25, 0.3) is 0 Å². The SMILES string of the molecule is Cc1nsc(Sc2cc(Br)ccc2C(C)O)n1. The maximum absolute atomic E-state index is 9.72. The molecule has 1 aromatic heterocycles. The van der Waals surface area contributed by atoms with Crippen LogP contribution in [0.2, 0.25) is 0 Å². The fourth-order valence-corrected chi connectivity index (χ4v) is 3.73. The molecule has 0 fully saturated rings. The van der Waals surface area contributed by atoms with Crippen molar-refractivity contribution in [2.24, 2.45) is 0 Å². The van der Waals surface area contributed by atoms with E-state index < -0.39 is 6.10 Å². The summed E-state index contributed by atoms with van der Waals surface area (Å²) in [6.07, 6.45) is -0.486. The first-order valence-electron chi connectivity index (χ1n) is 5.02. The molecule has 0 radical (unpaired) electrons. The molecule has 0 aliphatic heterocycles. The summed E-state index contributed by atoms with van der Waals surface area (Å²) in [6.45, 7) is 3.63. The van der Waals surface area contributed by atoms with Gasteiger partial charge in [0, 0.05) is 9.37 Å². The van der Waals surface area contributed by atoms with Gasteiger partial charge in [-0.1, -0.05) is 33.8 Å². The van der Waals surface area contributed by atoms with Crippen LogP contribution in [-0.2, 0) is 0 Å². The summed E-state index contributed by atoms with van der Waals surface area (Å²) < 4.78 is 6.03. The number of aliphatic hydroxyl groups is 1. The molecule has 1 N–H and O–H groups in total. The van der Waals surface area contributed by atoms with E-state index in [0.29, 0.717) is 0 Å². The Hall–Kier alpha value is -0.430. The Bertz CT molecular complexity index is 528. The molecule has 0 amide bonds. The van der Waals surface area contributed by atoms with E-state index in [0.717, 1.165) is 25.1 Å². The van der Waals surface area contributed by atoms with E-state index in [1.807, 2.05) is 25.1 Å². The van der Waals surface area contributed by atoms with Crippen molar-refractivity contribution in [1.29, 1.82) is 0 Å². The lowest BCUT2D eigenvalue weighted by molar-refractivity contribution is 0.196. The predicted molar refractivity (Wildman–Crippen MR) is 73.5 cm³/mol. The zero-order valence-electron chi connectivity index (χ0n) is 9.35. The average molecular weight is 331 g/mol. The molecule has 1 atom stereocenters. The lowest BCUT2D eigenvalue weighted by Gasteiger charge is -2.10. The van der Waals surface area contributed by atoms with Gasteiger partial charge in [0.25, 0.3) is 0 Å². The smallest absolute Gasteiger partial charge is 0.174 e. The van der Waals surface area contributed by atoms with Crippen LogP contribution in [0.3, 0.4) is 0 Å². The van der Waals surface area contributed by atoms with Crippen LogP contribution in [0.5, 0.6) is 0 Å². The van der Waals surface area contributed by atoms with E-state index in [-0.39, 0.29) is 0 Å². The predicted octanol–water partition coefficient (Wildman–Crippen LogP) is 3.81. The third-order valence-corrected chi connectivity index (χ3v) is 4.54. The van der Waals surface area contributed by atoms with Gasteiger partial charge in [-0.15, -0.1) is 0 Å². The van der Waals surface area contributed by atoms with Crippen LogP contribution in [0.1, 0.15) is 24.4 Å². The monoisotopic (exact) mass is 330 g/mol. The second kappa shape index (κ2) is 5.48. The number of halogens is 1. The highest BCUT2D eigenvalue weighted by Crippen LogP contribution is 2.35.